The van der Waals surface area contributed by atoms with Crippen LogP contribution in [0.25, 0.3) is 0 Å². The summed E-state index contributed by atoms with van der Waals surface area (Å²) in [4.78, 5) is 27.0. The van der Waals surface area contributed by atoms with Gasteiger partial charge in [-0.05, 0) is 53.9 Å². The van der Waals surface area contributed by atoms with Crippen molar-refractivity contribution in [1.82, 2.24) is 4.90 Å². The van der Waals surface area contributed by atoms with Crippen LogP contribution in [0.15, 0.2) is 78.9 Å². The molecule has 0 radical (unpaired) electrons. The van der Waals surface area contributed by atoms with Crippen LogP contribution in [0, 0.1) is 0 Å². The number of rotatable bonds is 3. The molecular formula is C23H20N2O2. The highest BCUT2D eigenvalue weighted by molar-refractivity contribution is 6.05. The van der Waals surface area contributed by atoms with Crippen LogP contribution in [-0.2, 0) is 13.0 Å². The van der Waals surface area contributed by atoms with Gasteiger partial charge < -0.3 is 10.2 Å². The zero-order valence-electron chi connectivity index (χ0n) is 14.9. The van der Waals surface area contributed by atoms with Crippen LogP contribution in [0.2, 0.25) is 0 Å². The molecule has 0 fully saturated rings. The molecule has 0 aromatic heterocycles. The lowest BCUT2D eigenvalue weighted by Crippen LogP contribution is -2.35. The summed E-state index contributed by atoms with van der Waals surface area (Å²) in [5.41, 5.74) is 4.39. The first-order chi connectivity index (χ1) is 13.2. The van der Waals surface area contributed by atoms with Crippen LogP contribution in [0.4, 0.5) is 5.69 Å². The molecule has 1 aliphatic heterocycles. The Bertz CT molecular complexity index is 965. The molecule has 0 bridgehead atoms. The summed E-state index contributed by atoms with van der Waals surface area (Å²) in [7, 11) is 0. The number of fused-ring (bicyclic) bond motifs is 1. The van der Waals surface area contributed by atoms with Crippen LogP contribution < -0.4 is 5.32 Å². The van der Waals surface area contributed by atoms with Gasteiger partial charge in [0.05, 0.1) is 0 Å². The summed E-state index contributed by atoms with van der Waals surface area (Å²) < 4.78 is 0. The second kappa shape index (κ2) is 7.46. The molecule has 1 N–H and O–H groups in total. The predicted molar refractivity (Wildman–Crippen MR) is 106 cm³/mol. The summed E-state index contributed by atoms with van der Waals surface area (Å²) in [6.45, 7) is 1.34. The Morgan fingerprint density at radius 2 is 1.37 bits per heavy atom. The number of anilines is 1. The quantitative estimate of drug-likeness (QED) is 0.767. The maximum absolute atomic E-state index is 12.8. The minimum atomic E-state index is -0.188. The number of hydrogen-bond acceptors (Lipinski definition) is 2. The molecule has 134 valence electrons. The Balaban J connectivity index is 1.44. The zero-order valence-corrected chi connectivity index (χ0v) is 14.9. The van der Waals surface area contributed by atoms with E-state index >= 15 is 0 Å². The maximum atomic E-state index is 12.8. The van der Waals surface area contributed by atoms with Crippen molar-refractivity contribution in [3.8, 4) is 0 Å². The SMILES string of the molecule is O=C(Nc1ccccc1)c1ccc(C(=O)N2CCc3ccccc3C2)cc1. The maximum Gasteiger partial charge on any atom is 0.255 e. The highest BCUT2D eigenvalue weighted by Crippen LogP contribution is 2.20. The molecule has 4 heteroatoms. The summed E-state index contributed by atoms with van der Waals surface area (Å²) in [6.07, 6.45) is 0.874. The molecule has 3 aromatic carbocycles. The van der Waals surface area contributed by atoms with Gasteiger partial charge in [-0.1, -0.05) is 42.5 Å². The second-order valence-corrected chi connectivity index (χ2v) is 6.64. The molecule has 2 amide bonds. The van der Waals surface area contributed by atoms with E-state index in [-0.39, 0.29) is 11.8 Å². The van der Waals surface area contributed by atoms with Crippen LogP contribution in [0.1, 0.15) is 31.8 Å². The molecule has 27 heavy (non-hydrogen) atoms. The van der Waals surface area contributed by atoms with Crippen molar-refractivity contribution < 1.29 is 9.59 Å². The Labute approximate surface area is 158 Å². The van der Waals surface area contributed by atoms with Crippen molar-refractivity contribution in [2.75, 3.05) is 11.9 Å². The fourth-order valence-electron chi connectivity index (χ4n) is 3.34. The van der Waals surface area contributed by atoms with E-state index in [9.17, 15) is 9.59 Å². The van der Waals surface area contributed by atoms with Gasteiger partial charge in [0.15, 0.2) is 0 Å². The molecule has 0 aliphatic carbocycles. The van der Waals surface area contributed by atoms with Gasteiger partial charge in [-0.2, -0.15) is 0 Å². The molecule has 3 aromatic rings. The number of benzene rings is 3. The third-order valence-electron chi connectivity index (χ3n) is 4.84. The molecule has 0 unspecified atom stereocenters. The molecule has 1 aliphatic rings. The summed E-state index contributed by atoms with van der Waals surface area (Å²) in [5.74, 6) is -0.188. The first-order valence-electron chi connectivity index (χ1n) is 9.03. The molecule has 4 rings (SSSR count). The number of amides is 2. The van der Waals surface area contributed by atoms with Gasteiger partial charge in [0.2, 0.25) is 0 Å². The average molecular weight is 356 g/mol. The Morgan fingerprint density at radius 1 is 0.741 bits per heavy atom. The van der Waals surface area contributed by atoms with Crippen LogP contribution in [0.3, 0.4) is 0 Å². The zero-order chi connectivity index (χ0) is 18.6. The number of hydrogen-bond donors (Lipinski definition) is 1. The van der Waals surface area contributed by atoms with Crippen molar-refractivity contribution in [2.24, 2.45) is 0 Å². The van der Waals surface area contributed by atoms with E-state index in [0.717, 1.165) is 12.1 Å². The minimum absolute atomic E-state index is 0.000444. The first-order valence-corrected chi connectivity index (χ1v) is 9.03. The highest BCUT2D eigenvalue weighted by Gasteiger charge is 2.21. The lowest BCUT2D eigenvalue weighted by atomic mass is 9.99. The smallest absolute Gasteiger partial charge is 0.255 e. The Hall–Kier alpha value is -3.40. The normalized spacial score (nSPS) is 13.0. The van der Waals surface area contributed by atoms with Gasteiger partial charge in [-0.15, -0.1) is 0 Å². The van der Waals surface area contributed by atoms with Crippen molar-refractivity contribution >= 4 is 17.5 Å². The fourth-order valence-corrected chi connectivity index (χ4v) is 3.34. The topological polar surface area (TPSA) is 49.4 Å². The standard InChI is InChI=1S/C23H20N2O2/c26-22(24-21-8-2-1-3-9-21)18-10-12-19(13-11-18)23(27)25-15-14-17-6-4-5-7-20(17)16-25/h1-13H,14-16H2,(H,24,26). The summed E-state index contributed by atoms with van der Waals surface area (Å²) in [6, 6.07) is 24.4. The van der Waals surface area contributed by atoms with Gasteiger partial charge in [-0.25, -0.2) is 0 Å². The van der Waals surface area contributed by atoms with Crippen molar-refractivity contribution in [1.29, 1.82) is 0 Å². The Morgan fingerprint density at radius 3 is 2.11 bits per heavy atom. The van der Waals surface area contributed by atoms with Crippen LogP contribution >= 0.6 is 0 Å². The molecule has 4 nitrogen and oxygen atoms in total. The van der Waals surface area contributed by atoms with E-state index in [4.69, 9.17) is 0 Å². The van der Waals surface area contributed by atoms with Crippen LogP contribution in [-0.4, -0.2) is 23.3 Å². The summed E-state index contributed by atoms with van der Waals surface area (Å²) >= 11 is 0. The molecule has 0 saturated carbocycles. The highest BCUT2D eigenvalue weighted by atomic mass is 16.2. The number of para-hydroxylation sites is 1. The fraction of sp³-hybridized carbons (Fsp3) is 0.130. The van der Waals surface area contributed by atoms with Gasteiger partial charge in [0.25, 0.3) is 11.8 Å². The lowest BCUT2D eigenvalue weighted by Gasteiger charge is -2.29. The number of nitrogens with zero attached hydrogens (tertiary/aromatic N) is 1. The molecule has 0 atom stereocenters. The average Bonchev–Trinajstić information content (AvgIpc) is 2.73. The van der Waals surface area contributed by atoms with Gasteiger partial charge in [0.1, 0.15) is 0 Å². The first kappa shape index (κ1) is 17.0. The van der Waals surface area contributed by atoms with E-state index in [2.05, 4.69) is 17.4 Å². The molecule has 0 saturated heterocycles. The predicted octanol–water partition coefficient (Wildman–Crippen LogP) is 4.14. The monoisotopic (exact) mass is 356 g/mol. The molecular weight excluding hydrogens is 336 g/mol. The van der Waals surface area contributed by atoms with Gasteiger partial charge >= 0.3 is 0 Å². The third-order valence-corrected chi connectivity index (χ3v) is 4.84. The third kappa shape index (κ3) is 3.75. The number of carbonyl (C=O) groups excluding carboxylic acids is 2. The van der Waals surface area contributed by atoms with Gasteiger partial charge in [-0.3, -0.25) is 9.59 Å². The molecule has 0 spiro atoms. The number of carbonyl (C=O) groups is 2. The van der Waals surface area contributed by atoms with Gasteiger partial charge in [0, 0.05) is 29.9 Å². The van der Waals surface area contributed by atoms with E-state index in [1.807, 2.05) is 47.4 Å². The van der Waals surface area contributed by atoms with E-state index in [1.54, 1.807) is 24.3 Å². The molecule has 1 heterocycles. The summed E-state index contributed by atoms with van der Waals surface area (Å²) in [5, 5.41) is 2.85. The second-order valence-electron chi connectivity index (χ2n) is 6.64. The Kier molecular flexibility index (Phi) is 4.71. The van der Waals surface area contributed by atoms with Crippen LogP contribution in [0.5, 0.6) is 0 Å². The number of nitrogens with one attached hydrogen (secondary N) is 1. The van der Waals surface area contributed by atoms with E-state index in [1.165, 1.54) is 11.1 Å². The van der Waals surface area contributed by atoms with Crippen molar-refractivity contribution in [3.05, 3.63) is 101 Å². The lowest BCUT2D eigenvalue weighted by molar-refractivity contribution is 0.0734. The van der Waals surface area contributed by atoms with E-state index < -0.39 is 0 Å². The largest absolute Gasteiger partial charge is 0.334 e. The van der Waals surface area contributed by atoms with Crippen molar-refractivity contribution in [3.63, 3.8) is 0 Å². The minimum Gasteiger partial charge on any atom is -0.334 e. The van der Waals surface area contributed by atoms with Crippen molar-refractivity contribution in [2.45, 2.75) is 13.0 Å². The van der Waals surface area contributed by atoms with E-state index in [0.29, 0.717) is 24.2 Å².